The molecule has 2 rings (SSSR count). The van der Waals surface area contributed by atoms with Gasteiger partial charge in [0.15, 0.2) is 0 Å². The predicted octanol–water partition coefficient (Wildman–Crippen LogP) is 4.97. The Morgan fingerprint density at radius 1 is 1.10 bits per heavy atom. The van der Waals surface area contributed by atoms with Crippen LogP contribution in [0.15, 0.2) is 30.3 Å². The molecule has 0 aliphatic heterocycles. The van der Waals surface area contributed by atoms with Crippen molar-refractivity contribution >= 4 is 10.9 Å². The maximum absolute atomic E-state index is 3.58. The summed E-state index contributed by atoms with van der Waals surface area (Å²) in [7, 11) is 0. The number of hydrogen-bond acceptors (Lipinski definition) is 1. The topological polar surface area (TPSA) is 17.0 Å². The molecular weight excluding hydrogens is 256 g/mol. The molecule has 2 heteroatoms. The predicted molar refractivity (Wildman–Crippen MR) is 92.6 cm³/mol. The minimum absolute atomic E-state index is 0.701. The summed E-state index contributed by atoms with van der Waals surface area (Å²) in [4.78, 5) is 0. The van der Waals surface area contributed by atoms with Gasteiger partial charge < -0.3 is 9.88 Å². The molecule has 1 N–H and O–H groups in total. The Labute approximate surface area is 129 Å². The van der Waals surface area contributed by atoms with Crippen LogP contribution < -0.4 is 5.32 Å². The number of aryl methyl sites for hydroxylation is 1. The number of benzene rings is 1. The number of para-hydroxylation sites is 1. The number of unbranched alkanes of at least 4 members (excludes halogenated alkanes) is 3. The van der Waals surface area contributed by atoms with Crippen LogP contribution in [-0.2, 0) is 13.1 Å². The van der Waals surface area contributed by atoms with Crippen LogP contribution >= 0.6 is 0 Å². The summed E-state index contributed by atoms with van der Waals surface area (Å²) in [5.74, 6) is 0.701. The molecule has 0 bridgehead atoms. The summed E-state index contributed by atoms with van der Waals surface area (Å²) < 4.78 is 2.51. The van der Waals surface area contributed by atoms with E-state index in [0.29, 0.717) is 5.92 Å². The molecule has 2 nitrogen and oxygen atoms in total. The highest BCUT2D eigenvalue weighted by Crippen LogP contribution is 2.21. The van der Waals surface area contributed by atoms with Gasteiger partial charge in [0, 0.05) is 24.3 Å². The molecule has 0 fully saturated rings. The molecule has 0 radical (unpaired) electrons. The highest BCUT2D eigenvalue weighted by atomic mass is 15.0. The van der Waals surface area contributed by atoms with Crippen LogP contribution in [0.1, 0.15) is 52.1 Å². The molecule has 0 aliphatic rings. The minimum atomic E-state index is 0.701. The SMILES string of the molecule is CCCCCCn1c(CNCC(C)C)cc2ccccc21. The monoisotopic (exact) mass is 286 g/mol. The van der Waals surface area contributed by atoms with E-state index in [1.54, 1.807) is 0 Å². The number of hydrogen-bond donors (Lipinski definition) is 1. The van der Waals surface area contributed by atoms with Crippen molar-refractivity contribution in [2.75, 3.05) is 6.54 Å². The van der Waals surface area contributed by atoms with Crippen LogP contribution in [0.4, 0.5) is 0 Å². The lowest BCUT2D eigenvalue weighted by molar-refractivity contribution is 0.526. The van der Waals surface area contributed by atoms with Crippen molar-refractivity contribution in [2.24, 2.45) is 5.92 Å². The third-order valence-electron chi connectivity index (χ3n) is 3.99. The fourth-order valence-corrected chi connectivity index (χ4v) is 2.86. The van der Waals surface area contributed by atoms with E-state index in [9.17, 15) is 0 Å². The number of nitrogens with zero attached hydrogens (tertiary/aromatic N) is 1. The maximum atomic E-state index is 3.58. The molecule has 0 amide bonds. The van der Waals surface area contributed by atoms with Gasteiger partial charge in [0.05, 0.1) is 0 Å². The third-order valence-corrected chi connectivity index (χ3v) is 3.99. The Balaban J connectivity index is 2.09. The fraction of sp³-hybridized carbons (Fsp3) is 0.579. The van der Waals surface area contributed by atoms with Crippen molar-refractivity contribution in [1.82, 2.24) is 9.88 Å². The lowest BCUT2D eigenvalue weighted by Crippen LogP contribution is -2.20. The second-order valence-corrected chi connectivity index (χ2v) is 6.43. The molecule has 1 aromatic heterocycles. The smallest absolute Gasteiger partial charge is 0.0482 e. The summed E-state index contributed by atoms with van der Waals surface area (Å²) in [6.07, 6.45) is 5.26. The fourth-order valence-electron chi connectivity index (χ4n) is 2.86. The summed E-state index contributed by atoms with van der Waals surface area (Å²) >= 11 is 0. The molecule has 2 aromatic rings. The van der Waals surface area contributed by atoms with Gasteiger partial charge >= 0.3 is 0 Å². The number of rotatable bonds is 9. The quantitative estimate of drug-likeness (QED) is 0.644. The molecule has 1 heterocycles. The van der Waals surface area contributed by atoms with Gasteiger partial charge in [-0.15, -0.1) is 0 Å². The van der Waals surface area contributed by atoms with E-state index in [4.69, 9.17) is 0 Å². The molecule has 0 saturated heterocycles. The zero-order chi connectivity index (χ0) is 15.1. The van der Waals surface area contributed by atoms with E-state index in [2.05, 4.69) is 61.0 Å². The zero-order valence-electron chi connectivity index (χ0n) is 13.9. The van der Waals surface area contributed by atoms with Crippen molar-refractivity contribution in [2.45, 2.75) is 59.5 Å². The summed E-state index contributed by atoms with van der Waals surface area (Å²) in [5.41, 5.74) is 2.81. The molecule has 1 aromatic carbocycles. The van der Waals surface area contributed by atoms with Gasteiger partial charge in [0.2, 0.25) is 0 Å². The van der Waals surface area contributed by atoms with Gasteiger partial charge in [-0.1, -0.05) is 58.2 Å². The first kappa shape index (κ1) is 16.1. The number of aromatic nitrogens is 1. The van der Waals surface area contributed by atoms with Gasteiger partial charge in [-0.05, 0) is 36.4 Å². The van der Waals surface area contributed by atoms with Crippen molar-refractivity contribution in [3.8, 4) is 0 Å². The van der Waals surface area contributed by atoms with E-state index in [0.717, 1.165) is 19.6 Å². The van der Waals surface area contributed by atoms with E-state index in [1.807, 2.05) is 0 Å². The Hall–Kier alpha value is -1.28. The Bertz CT molecular complexity index is 539. The van der Waals surface area contributed by atoms with Crippen LogP contribution in [0, 0.1) is 5.92 Å². The van der Waals surface area contributed by atoms with Gasteiger partial charge in [-0.3, -0.25) is 0 Å². The van der Waals surface area contributed by atoms with Crippen molar-refractivity contribution < 1.29 is 0 Å². The largest absolute Gasteiger partial charge is 0.343 e. The van der Waals surface area contributed by atoms with Crippen molar-refractivity contribution in [3.63, 3.8) is 0 Å². The van der Waals surface area contributed by atoms with Gasteiger partial charge in [0.25, 0.3) is 0 Å². The first-order valence-corrected chi connectivity index (χ1v) is 8.50. The van der Waals surface area contributed by atoms with Gasteiger partial charge in [-0.25, -0.2) is 0 Å². The number of nitrogens with one attached hydrogen (secondary N) is 1. The van der Waals surface area contributed by atoms with Crippen LogP contribution in [0.2, 0.25) is 0 Å². The van der Waals surface area contributed by atoms with Crippen LogP contribution in [-0.4, -0.2) is 11.1 Å². The molecule has 0 atom stereocenters. The third kappa shape index (κ3) is 4.60. The standard InChI is InChI=1S/C19H30N2/c1-4-5-6-9-12-21-18(15-20-14-16(2)3)13-17-10-7-8-11-19(17)21/h7-8,10-11,13,16,20H,4-6,9,12,14-15H2,1-3H3. The second-order valence-electron chi connectivity index (χ2n) is 6.43. The normalized spacial score (nSPS) is 11.6. The highest BCUT2D eigenvalue weighted by Gasteiger charge is 2.08. The summed E-state index contributed by atoms with van der Waals surface area (Å²) in [5, 5.41) is 4.95. The van der Waals surface area contributed by atoms with Crippen LogP contribution in [0.25, 0.3) is 10.9 Å². The average molecular weight is 286 g/mol. The van der Waals surface area contributed by atoms with E-state index < -0.39 is 0 Å². The molecular formula is C19H30N2. The molecule has 116 valence electrons. The van der Waals surface area contributed by atoms with Crippen LogP contribution in [0.5, 0.6) is 0 Å². The molecule has 0 saturated carbocycles. The second kappa shape index (κ2) is 8.23. The summed E-state index contributed by atoms with van der Waals surface area (Å²) in [6, 6.07) is 11.1. The Kier molecular flexibility index (Phi) is 6.31. The first-order chi connectivity index (χ1) is 10.2. The molecule has 0 unspecified atom stereocenters. The van der Waals surface area contributed by atoms with Gasteiger partial charge in [0.1, 0.15) is 0 Å². The van der Waals surface area contributed by atoms with Gasteiger partial charge in [-0.2, -0.15) is 0 Å². The molecule has 0 aliphatic carbocycles. The highest BCUT2D eigenvalue weighted by molar-refractivity contribution is 5.81. The van der Waals surface area contributed by atoms with Crippen molar-refractivity contribution in [3.05, 3.63) is 36.0 Å². The van der Waals surface area contributed by atoms with Crippen molar-refractivity contribution in [1.29, 1.82) is 0 Å². The lowest BCUT2D eigenvalue weighted by atomic mass is 10.2. The Morgan fingerprint density at radius 2 is 1.90 bits per heavy atom. The van der Waals surface area contributed by atoms with Crippen LogP contribution in [0.3, 0.4) is 0 Å². The Morgan fingerprint density at radius 3 is 2.67 bits per heavy atom. The lowest BCUT2D eigenvalue weighted by Gasteiger charge is -2.12. The minimum Gasteiger partial charge on any atom is -0.343 e. The van der Waals surface area contributed by atoms with E-state index in [-0.39, 0.29) is 0 Å². The average Bonchev–Trinajstić information content (AvgIpc) is 2.81. The zero-order valence-corrected chi connectivity index (χ0v) is 13.9. The first-order valence-electron chi connectivity index (χ1n) is 8.50. The summed E-state index contributed by atoms with van der Waals surface area (Å²) in [6.45, 7) is 9.98. The van der Waals surface area contributed by atoms with E-state index in [1.165, 1.54) is 42.3 Å². The number of fused-ring (bicyclic) bond motifs is 1. The maximum Gasteiger partial charge on any atom is 0.0482 e. The molecule has 0 spiro atoms. The van der Waals surface area contributed by atoms with E-state index >= 15 is 0 Å². The molecule has 21 heavy (non-hydrogen) atoms.